The Hall–Kier alpha value is -1.89. The van der Waals surface area contributed by atoms with Crippen molar-refractivity contribution in [2.24, 2.45) is 0 Å². The van der Waals surface area contributed by atoms with Gasteiger partial charge < -0.3 is 0 Å². The predicted molar refractivity (Wildman–Crippen MR) is 75.0 cm³/mol. The van der Waals surface area contributed by atoms with Crippen LogP contribution in [-0.4, -0.2) is 5.78 Å². The lowest BCUT2D eigenvalue weighted by Crippen LogP contribution is -2.01. The first-order valence-electron chi connectivity index (χ1n) is 6.30. The third-order valence-electron chi connectivity index (χ3n) is 3.13. The average Bonchev–Trinajstić information content (AvgIpc) is 2.38. The second kappa shape index (κ2) is 5.63. The summed E-state index contributed by atoms with van der Waals surface area (Å²) in [5.74, 6) is 0.218. The molecule has 0 fully saturated rings. The van der Waals surface area contributed by atoms with E-state index < -0.39 is 0 Å². The lowest BCUT2D eigenvalue weighted by Gasteiger charge is -2.03. The number of Topliss-reactive ketones (excluding diaryl/α,β-unsaturated/α-hetero) is 1. The second-order valence-electron chi connectivity index (χ2n) is 4.77. The van der Waals surface area contributed by atoms with Crippen LogP contribution in [0, 0.1) is 13.8 Å². The monoisotopic (exact) mass is 238 g/mol. The van der Waals surface area contributed by atoms with Gasteiger partial charge in [0.05, 0.1) is 0 Å². The van der Waals surface area contributed by atoms with E-state index in [2.05, 4.69) is 31.2 Å². The Morgan fingerprint density at radius 2 is 1.33 bits per heavy atom. The van der Waals surface area contributed by atoms with E-state index in [-0.39, 0.29) is 5.78 Å². The van der Waals surface area contributed by atoms with Crippen LogP contribution in [-0.2, 0) is 6.42 Å². The highest BCUT2D eigenvalue weighted by molar-refractivity contribution is 5.96. The van der Waals surface area contributed by atoms with Gasteiger partial charge in [0.15, 0.2) is 5.78 Å². The summed E-state index contributed by atoms with van der Waals surface area (Å²) in [5, 5.41) is 0. The third-order valence-corrected chi connectivity index (χ3v) is 3.13. The first kappa shape index (κ1) is 12.6. The van der Waals surface area contributed by atoms with Crippen LogP contribution in [0.1, 0.15) is 33.5 Å². The summed E-state index contributed by atoms with van der Waals surface area (Å²) in [6, 6.07) is 16.2. The van der Waals surface area contributed by atoms with Gasteiger partial charge in [0, 0.05) is 12.0 Å². The molecule has 2 rings (SSSR count). The van der Waals surface area contributed by atoms with Crippen LogP contribution < -0.4 is 0 Å². The van der Waals surface area contributed by atoms with Crippen LogP contribution in [0.5, 0.6) is 0 Å². The highest BCUT2D eigenvalue weighted by Crippen LogP contribution is 2.10. The molecule has 2 aromatic carbocycles. The van der Waals surface area contributed by atoms with Gasteiger partial charge in [0.25, 0.3) is 0 Å². The SMILES string of the molecule is Cc1ccc(CCC(=O)c2ccc(C)cc2)cc1. The molecule has 0 aliphatic heterocycles. The molecule has 0 unspecified atom stereocenters. The van der Waals surface area contributed by atoms with Crippen molar-refractivity contribution < 1.29 is 4.79 Å². The molecule has 0 saturated heterocycles. The molecule has 1 nitrogen and oxygen atoms in total. The highest BCUT2D eigenvalue weighted by Gasteiger charge is 2.05. The summed E-state index contributed by atoms with van der Waals surface area (Å²) in [6.45, 7) is 4.10. The largest absolute Gasteiger partial charge is 0.294 e. The molecule has 0 radical (unpaired) electrons. The van der Waals surface area contributed by atoms with E-state index in [1.165, 1.54) is 16.7 Å². The summed E-state index contributed by atoms with van der Waals surface area (Å²) in [7, 11) is 0. The van der Waals surface area contributed by atoms with Crippen molar-refractivity contribution in [3.8, 4) is 0 Å². The van der Waals surface area contributed by atoms with Crippen molar-refractivity contribution in [1.29, 1.82) is 0 Å². The van der Waals surface area contributed by atoms with E-state index in [0.717, 1.165) is 12.0 Å². The summed E-state index contributed by atoms with van der Waals surface area (Å²) in [5.41, 5.74) is 4.47. The maximum atomic E-state index is 12.0. The zero-order valence-corrected chi connectivity index (χ0v) is 10.9. The molecular weight excluding hydrogens is 220 g/mol. The minimum absolute atomic E-state index is 0.218. The zero-order valence-electron chi connectivity index (χ0n) is 10.9. The van der Waals surface area contributed by atoms with Gasteiger partial charge in [-0.1, -0.05) is 59.7 Å². The number of hydrogen-bond donors (Lipinski definition) is 0. The molecule has 0 amide bonds. The number of ketones is 1. The van der Waals surface area contributed by atoms with Crippen molar-refractivity contribution in [3.05, 3.63) is 70.8 Å². The second-order valence-corrected chi connectivity index (χ2v) is 4.77. The van der Waals surface area contributed by atoms with Crippen molar-refractivity contribution in [1.82, 2.24) is 0 Å². The van der Waals surface area contributed by atoms with Crippen LogP contribution in [0.25, 0.3) is 0 Å². The van der Waals surface area contributed by atoms with Gasteiger partial charge in [-0.2, -0.15) is 0 Å². The van der Waals surface area contributed by atoms with Crippen molar-refractivity contribution in [2.75, 3.05) is 0 Å². The van der Waals surface area contributed by atoms with E-state index in [9.17, 15) is 4.79 Å². The topological polar surface area (TPSA) is 17.1 Å². The van der Waals surface area contributed by atoms with Crippen molar-refractivity contribution >= 4 is 5.78 Å². The van der Waals surface area contributed by atoms with E-state index in [1.54, 1.807) is 0 Å². The third kappa shape index (κ3) is 3.30. The average molecular weight is 238 g/mol. The Morgan fingerprint density at radius 1 is 0.833 bits per heavy atom. The quantitative estimate of drug-likeness (QED) is 0.732. The summed E-state index contributed by atoms with van der Waals surface area (Å²) >= 11 is 0. The summed E-state index contributed by atoms with van der Waals surface area (Å²) in [4.78, 5) is 12.0. The van der Waals surface area contributed by atoms with Crippen molar-refractivity contribution in [3.63, 3.8) is 0 Å². The number of hydrogen-bond acceptors (Lipinski definition) is 1. The van der Waals surface area contributed by atoms with E-state index in [0.29, 0.717) is 6.42 Å². The molecule has 1 heteroatoms. The van der Waals surface area contributed by atoms with Crippen molar-refractivity contribution in [2.45, 2.75) is 26.7 Å². The molecule has 0 aromatic heterocycles. The molecule has 0 saturated carbocycles. The van der Waals surface area contributed by atoms with Gasteiger partial charge in [0.2, 0.25) is 0 Å². The number of aryl methyl sites for hydroxylation is 3. The van der Waals surface area contributed by atoms with Gasteiger partial charge in [-0.15, -0.1) is 0 Å². The fourth-order valence-corrected chi connectivity index (χ4v) is 1.90. The van der Waals surface area contributed by atoms with Crippen LogP contribution in [0.4, 0.5) is 0 Å². The zero-order chi connectivity index (χ0) is 13.0. The maximum Gasteiger partial charge on any atom is 0.163 e. The first-order valence-corrected chi connectivity index (χ1v) is 6.30. The Balaban J connectivity index is 1.96. The van der Waals surface area contributed by atoms with Crippen LogP contribution in [0.15, 0.2) is 48.5 Å². The Bertz CT molecular complexity index is 521. The van der Waals surface area contributed by atoms with Gasteiger partial charge in [-0.3, -0.25) is 4.79 Å². The molecule has 0 N–H and O–H groups in total. The fourth-order valence-electron chi connectivity index (χ4n) is 1.90. The summed E-state index contributed by atoms with van der Waals surface area (Å²) in [6.07, 6.45) is 1.39. The summed E-state index contributed by atoms with van der Waals surface area (Å²) < 4.78 is 0. The fraction of sp³-hybridized carbons (Fsp3) is 0.235. The van der Waals surface area contributed by atoms with Crippen LogP contribution in [0.3, 0.4) is 0 Å². The van der Waals surface area contributed by atoms with E-state index >= 15 is 0 Å². The minimum Gasteiger partial charge on any atom is -0.294 e. The molecule has 0 heterocycles. The Morgan fingerprint density at radius 3 is 1.89 bits per heavy atom. The molecule has 92 valence electrons. The maximum absolute atomic E-state index is 12.0. The van der Waals surface area contributed by atoms with Gasteiger partial charge in [-0.25, -0.2) is 0 Å². The molecule has 0 atom stereocenters. The van der Waals surface area contributed by atoms with Gasteiger partial charge >= 0.3 is 0 Å². The standard InChI is InChI=1S/C17H18O/c1-13-3-7-15(8-4-13)9-12-17(18)16-10-5-14(2)6-11-16/h3-8,10-11H,9,12H2,1-2H3. The molecule has 18 heavy (non-hydrogen) atoms. The number of rotatable bonds is 4. The molecule has 0 spiro atoms. The number of carbonyl (C=O) groups is 1. The predicted octanol–water partition coefficient (Wildman–Crippen LogP) is 4.12. The Labute approximate surface area is 108 Å². The number of carbonyl (C=O) groups excluding carboxylic acids is 1. The van der Waals surface area contributed by atoms with E-state index in [4.69, 9.17) is 0 Å². The van der Waals surface area contributed by atoms with Gasteiger partial charge in [0.1, 0.15) is 0 Å². The normalized spacial score (nSPS) is 10.3. The smallest absolute Gasteiger partial charge is 0.163 e. The molecule has 0 bridgehead atoms. The molecule has 0 aliphatic rings. The lowest BCUT2D eigenvalue weighted by molar-refractivity contribution is 0.0983. The molecule has 0 aliphatic carbocycles. The Kier molecular flexibility index (Phi) is 3.93. The van der Waals surface area contributed by atoms with E-state index in [1.807, 2.05) is 31.2 Å². The van der Waals surface area contributed by atoms with Gasteiger partial charge in [-0.05, 0) is 25.8 Å². The first-order chi connectivity index (χ1) is 8.65. The lowest BCUT2D eigenvalue weighted by atomic mass is 10.0. The van der Waals surface area contributed by atoms with Crippen LogP contribution >= 0.6 is 0 Å². The number of benzene rings is 2. The molecule has 2 aromatic rings. The van der Waals surface area contributed by atoms with Crippen LogP contribution in [0.2, 0.25) is 0 Å². The highest BCUT2D eigenvalue weighted by atomic mass is 16.1. The minimum atomic E-state index is 0.218. The molecular formula is C17H18O.